The number of nitrogens with zero attached hydrogens (tertiary/aromatic N) is 3. The first-order valence-electron chi connectivity index (χ1n) is 13.4. The minimum Gasteiger partial charge on any atom is -0.496 e. The molecular weight excluding hydrogens is 530 g/mol. The van der Waals surface area contributed by atoms with Crippen LogP contribution in [0.15, 0.2) is 53.4 Å². The predicted octanol–water partition coefficient (Wildman–Crippen LogP) is 3.11. The van der Waals surface area contributed by atoms with E-state index in [4.69, 9.17) is 18.6 Å². The number of aromatic nitrogens is 1. The second-order valence-electron chi connectivity index (χ2n) is 10.4. The van der Waals surface area contributed by atoms with Crippen molar-refractivity contribution in [3.63, 3.8) is 0 Å². The van der Waals surface area contributed by atoms with E-state index in [1.54, 1.807) is 60.5 Å². The van der Waals surface area contributed by atoms with E-state index in [2.05, 4.69) is 15.6 Å². The molecule has 1 spiro atoms. The number of oxazole rings is 1. The molecule has 2 atom stereocenters. The molecule has 214 valence electrons. The van der Waals surface area contributed by atoms with E-state index >= 15 is 0 Å². The number of ether oxygens (including phenoxy) is 3. The van der Waals surface area contributed by atoms with Crippen molar-refractivity contribution in [3.05, 3.63) is 65.7 Å². The van der Waals surface area contributed by atoms with Gasteiger partial charge in [0.25, 0.3) is 11.8 Å². The molecule has 2 N–H and O–H groups in total. The molecular formula is C29H31N5O7. The highest BCUT2D eigenvalue weighted by Gasteiger charge is 2.49. The molecule has 12 heteroatoms. The van der Waals surface area contributed by atoms with E-state index in [1.807, 2.05) is 6.07 Å². The largest absolute Gasteiger partial charge is 0.496 e. The molecule has 2 fully saturated rings. The summed E-state index contributed by atoms with van der Waals surface area (Å²) in [6, 6.07) is 10.7. The van der Waals surface area contributed by atoms with Gasteiger partial charge in [-0.1, -0.05) is 12.1 Å². The van der Waals surface area contributed by atoms with E-state index in [-0.39, 0.29) is 24.5 Å². The molecule has 0 radical (unpaired) electrons. The van der Waals surface area contributed by atoms with Crippen molar-refractivity contribution < 1.29 is 33.0 Å². The lowest BCUT2D eigenvalue weighted by molar-refractivity contribution is 0.0576. The summed E-state index contributed by atoms with van der Waals surface area (Å²) < 4.78 is 21.6. The molecule has 3 aliphatic rings. The summed E-state index contributed by atoms with van der Waals surface area (Å²) in [7, 11) is 3.30. The number of fused-ring (bicyclic) bond motifs is 1. The van der Waals surface area contributed by atoms with Crippen LogP contribution in [0, 0.1) is 0 Å². The molecule has 4 heterocycles. The Morgan fingerprint density at radius 1 is 1.24 bits per heavy atom. The van der Waals surface area contributed by atoms with Crippen LogP contribution in [0.2, 0.25) is 0 Å². The fourth-order valence-corrected chi connectivity index (χ4v) is 5.59. The van der Waals surface area contributed by atoms with Crippen molar-refractivity contribution in [2.75, 3.05) is 45.8 Å². The predicted molar refractivity (Wildman–Crippen MR) is 146 cm³/mol. The maximum absolute atomic E-state index is 13.6. The van der Waals surface area contributed by atoms with Crippen molar-refractivity contribution in [1.82, 2.24) is 20.1 Å². The molecule has 0 saturated carbocycles. The Kier molecular flexibility index (Phi) is 7.00. The second kappa shape index (κ2) is 10.8. The molecule has 1 aromatic heterocycles. The van der Waals surface area contributed by atoms with Crippen LogP contribution in [0.25, 0.3) is 11.3 Å². The monoisotopic (exact) mass is 561 g/mol. The van der Waals surface area contributed by atoms with Gasteiger partial charge < -0.3 is 39.1 Å². The number of methoxy groups -OCH3 is 1. The fraction of sp³-hybridized carbons (Fsp3) is 0.379. The van der Waals surface area contributed by atoms with Gasteiger partial charge in [0.2, 0.25) is 0 Å². The highest BCUT2D eigenvalue weighted by atomic mass is 16.6. The Morgan fingerprint density at radius 3 is 2.88 bits per heavy atom. The zero-order valence-corrected chi connectivity index (χ0v) is 22.8. The van der Waals surface area contributed by atoms with Gasteiger partial charge in [-0.3, -0.25) is 9.59 Å². The molecule has 0 aliphatic carbocycles. The van der Waals surface area contributed by atoms with Gasteiger partial charge in [-0.2, -0.15) is 0 Å². The van der Waals surface area contributed by atoms with Crippen LogP contribution in [-0.2, 0) is 16.0 Å². The maximum atomic E-state index is 13.6. The SMILES string of the molecule is COc1cc2c(cc1-c1cnco1)C(=O)N(C)C1(CCN(C(=O)c3cccc(CNC(=O)O[C@@H]4CCOC4)c3)C1)N2. The number of likely N-dealkylation sites (N-methyl/N-ethyl adjacent to an activating group) is 1. The summed E-state index contributed by atoms with van der Waals surface area (Å²) in [5.41, 5.74) is 2.24. The van der Waals surface area contributed by atoms with Gasteiger partial charge in [-0.05, 0) is 23.8 Å². The van der Waals surface area contributed by atoms with E-state index < -0.39 is 11.8 Å². The Hall–Kier alpha value is -4.58. The molecule has 12 nitrogen and oxygen atoms in total. The van der Waals surface area contributed by atoms with Crippen molar-refractivity contribution in [1.29, 1.82) is 0 Å². The van der Waals surface area contributed by atoms with E-state index in [9.17, 15) is 14.4 Å². The summed E-state index contributed by atoms with van der Waals surface area (Å²) in [5.74, 6) is 0.717. The zero-order valence-electron chi connectivity index (χ0n) is 22.8. The van der Waals surface area contributed by atoms with Crippen LogP contribution in [0.4, 0.5) is 10.5 Å². The second-order valence-corrected chi connectivity index (χ2v) is 10.4. The van der Waals surface area contributed by atoms with E-state index in [0.717, 1.165) is 5.56 Å². The molecule has 3 aromatic rings. The van der Waals surface area contributed by atoms with E-state index in [0.29, 0.717) is 73.0 Å². The Balaban J connectivity index is 1.15. The molecule has 1 unspecified atom stereocenters. The first-order chi connectivity index (χ1) is 19.9. The average molecular weight is 562 g/mol. The number of carbonyl (C=O) groups excluding carboxylic acids is 3. The van der Waals surface area contributed by atoms with Crippen LogP contribution < -0.4 is 15.4 Å². The zero-order chi connectivity index (χ0) is 28.6. The first kappa shape index (κ1) is 26.6. The highest BCUT2D eigenvalue weighted by Crippen LogP contribution is 2.42. The number of nitrogens with one attached hydrogen (secondary N) is 2. The van der Waals surface area contributed by atoms with Crippen LogP contribution in [-0.4, -0.2) is 84.9 Å². The minimum absolute atomic E-state index is 0.152. The van der Waals surface area contributed by atoms with Crippen molar-refractivity contribution in [2.45, 2.75) is 31.2 Å². The van der Waals surface area contributed by atoms with Crippen LogP contribution in [0.5, 0.6) is 5.75 Å². The number of hydrogen-bond donors (Lipinski definition) is 2. The normalized spacial score (nSPS) is 21.5. The first-order valence-corrected chi connectivity index (χ1v) is 13.4. The third-order valence-electron chi connectivity index (χ3n) is 7.89. The highest BCUT2D eigenvalue weighted by molar-refractivity contribution is 6.04. The van der Waals surface area contributed by atoms with Gasteiger partial charge in [0.05, 0.1) is 49.9 Å². The minimum atomic E-state index is -0.772. The molecule has 2 saturated heterocycles. The Labute approximate surface area is 236 Å². The number of rotatable bonds is 6. The summed E-state index contributed by atoms with van der Waals surface area (Å²) in [5, 5.41) is 6.26. The van der Waals surface area contributed by atoms with Crippen LogP contribution in [0.3, 0.4) is 0 Å². The lowest BCUT2D eigenvalue weighted by Gasteiger charge is -2.44. The number of likely N-dealkylation sites (tertiary alicyclic amines) is 1. The fourth-order valence-electron chi connectivity index (χ4n) is 5.59. The molecule has 41 heavy (non-hydrogen) atoms. The van der Waals surface area contributed by atoms with Gasteiger partial charge in [0, 0.05) is 44.6 Å². The number of alkyl carbamates (subject to hydrolysis) is 1. The number of hydrogen-bond acceptors (Lipinski definition) is 9. The van der Waals surface area contributed by atoms with Gasteiger partial charge >= 0.3 is 6.09 Å². The van der Waals surface area contributed by atoms with Gasteiger partial charge in [0.1, 0.15) is 17.5 Å². The maximum Gasteiger partial charge on any atom is 0.407 e. The molecule has 0 bridgehead atoms. The average Bonchev–Trinajstić information content (AvgIpc) is 3.78. The van der Waals surface area contributed by atoms with Crippen molar-refractivity contribution >= 4 is 23.6 Å². The summed E-state index contributed by atoms with van der Waals surface area (Å²) in [6.45, 7) is 1.99. The molecule has 3 aliphatic heterocycles. The van der Waals surface area contributed by atoms with E-state index in [1.165, 1.54) is 6.39 Å². The lowest BCUT2D eigenvalue weighted by atomic mass is 9.96. The quantitative estimate of drug-likeness (QED) is 0.465. The van der Waals surface area contributed by atoms with Crippen molar-refractivity contribution in [3.8, 4) is 17.1 Å². The van der Waals surface area contributed by atoms with Crippen LogP contribution >= 0.6 is 0 Å². The number of amides is 3. The number of carbonyl (C=O) groups is 3. The smallest absolute Gasteiger partial charge is 0.407 e. The lowest BCUT2D eigenvalue weighted by Crippen LogP contribution is -2.60. The molecule has 3 amide bonds. The number of benzene rings is 2. The van der Waals surface area contributed by atoms with Crippen molar-refractivity contribution in [2.24, 2.45) is 0 Å². The van der Waals surface area contributed by atoms with Gasteiger partial charge in [-0.25, -0.2) is 9.78 Å². The number of anilines is 1. The standard InChI is InChI=1S/C29H31N5O7/c1-33-27(36)21-11-22(25-14-30-17-40-25)24(38-2)12-23(21)32-29(33)7-8-34(16-29)26(35)19-5-3-4-18(10-19)13-31-28(37)41-20-6-9-39-15-20/h3-5,10-12,14,17,20,32H,6-9,13,15-16H2,1-2H3,(H,31,37)/t20-,29?/m1/s1. The Morgan fingerprint density at radius 2 is 2.12 bits per heavy atom. The third kappa shape index (κ3) is 5.06. The Bertz CT molecular complexity index is 1470. The molecule has 6 rings (SSSR count). The third-order valence-corrected chi connectivity index (χ3v) is 7.89. The summed E-state index contributed by atoms with van der Waals surface area (Å²) in [6.07, 6.45) is 3.39. The van der Waals surface area contributed by atoms with Crippen LogP contribution in [0.1, 0.15) is 39.1 Å². The van der Waals surface area contributed by atoms with Gasteiger partial charge in [0.15, 0.2) is 12.2 Å². The topological polar surface area (TPSA) is 135 Å². The summed E-state index contributed by atoms with van der Waals surface area (Å²) in [4.78, 5) is 46.6. The molecule has 2 aromatic carbocycles. The summed E-state index contributed by atoms with van der Waals surface area (Å²) >= 11 is 0. The van der Waals surface area contributed by atoms with Gasteiger partial charge in [-0.15, -0.1) is 0 Å².